The molecule has 3 rings (SSSR count). The number of carbonyl (C=O) groups excluding carboxylic acids is 1. The second kappa shape index (κ2) is 7.45. The van der Waals surface area contributed by atoms with E-state index in [9.17, 15) is 10.1 Å². The SMILES string of the molecule is Cc1cc(C)c2nc(SCC(=O)N3CCC(C)CC3)c(C#N)cc2c1. The van der Waals surface area contributed by atoms with Crippen molar-refractivity contribution in [2.45, 2.75) is 38.6 Å². The summed E-state index contributed by atoms with van der Waals surface area (Å²) in [6.07, 6.45) is 2.15. The van der Waals surface area contributed by atoms with Crippen molar-refractivity contribution in [3.63, 3.8) is 0 Å². The van der Waals surface area contributed by atoms with Crippen molar-refractivity contribution in [1.29, 1.82) is 5.26 Å². The maximum atomic E-state index is 12.4. The number of aromatic nitrogens is 1. The van der Waals surface area contributed by atoms with E-state index in [0.29, 0.717) is 22.3 Å². The van der Waals surface area contributed by atoms with Crippen molar-refractivity contribution < 1.29 is 4.79 Å². The lowest BCUT2D eigenvalue weighted by molar-refractivity contribution is -0.129. The Labute approximate surface area is 153 Å². The molecule has 1 saturated heterocycles. The molecule has 130 valence electrons. The van der Waals surface area contributed by atoms with Gasteiger partial charge in [-0.25, -0.2) is 4.98 Å². The van der Waals surface area contributed by atoms with E-state index in [1.165, 1.54) is 11.8 Å². The van der Waals surface area contributed by atoms with Crippen LogP contribution in [0.4, 0.5) is 0 Å². The molecule has 1 aromatic carbocycles. The summed E-state index contributed by atoms with van der Waals surface area (Å²) >= 11 is 1.38. The maximum absolute atomic E-state index is 12.4. The number of hydrogen-bond acceptors (Lipinski definition) is 4. The Bertz CT molecular complexity index is 848. The van der Waals surface area contributed by atoms with Crippen LogP contribution in [0.1, 0.15) is 36.5 Å². The largest absolute Gasteiger partial charge is 0.342 e. The molecule has 1 fully saturated rings. The monoisotopic (exact) mass is 353 g/mol. The lowest BCUT2D eigenvalue weighted by Crippen LogP contribution is -2.38. The number of fused-ring (bicyclic) bond motifs is 1. The first-order valence-electron chi connectivity index (χ1n) is 8.70. The van der Waals surface area contributed by atoms with Crippen LogP contribution in [0.3, 0.4) is 0 Å². The zero-order valence-corrected chi connectivity index (χ0v) is 15.8. The molecule has 0 aliphatic carbocycles. The van der Waals surface area contributed by atoms with E-state index in [1.807, 2.05) is 30.9 Å². The second-order valence-electron chi connectivity index (χ2n) is 6.96. The van der Waals surface area contributed by atoms with Crippen LogP contribution in [-0.4, -0.2) is 34.6 Å². The standard InChI is InChI=1S/C20H23N3OS/c1-13-4-6-23(7-5-13)18(24)12-25-20-17(11-21)10-16-9-14(2)8-15(3)19(16)22-20/h8-10,13H,4-7,12H2,1-3H3. The maximum Gasteiger partial charge on any atom is 0.232 e. The van der Waals surface area contributed by atoms with Gasteiger partial charge in [0.25, 0.3) is 0 Å². The number of amides is 1. The average Bonchev–Trinajstić information content (AvgIpc) is 2.59. The van der Waals surface area contributed by atoms with Gasteiger partial charge in [-0.1, -0.05) is 30.3 Å². The van der Waals surface area contributed by atoms with Gasteiger partial charge in [-0.2, -0.15) is 5.26 Å². The van der Waals surface area contributed by atoms with Gasteiger partial charge < -0.3 is 4.90 Å². The zero-order valence-electron chi connectivity index (χ0n) is 15.0. The summed E-state index contributed by atoms with van der Waals surface area (Å²) in [7, 11) is 0. The van der Waals surface area contributed by atoms with Crippen molar-refractivity contribution in [1.82, 2.24) is 9.88 Å². The molecular weight excluding hydrogens is 330 g/mol. The summed E-state index contributed by atoms with van der Waals surface area (Å²) in [6.45, 7) is 7.99. The van der Waals surface area contributed by atoms with Crippen LogP contribution in [0.5, 0.6) is 0 Å². The Hall–Kier alpha value is -2.06. The third-order valence-corrected chi connectivity index (χ3v) is 5.78. The number of pyridine rings is 1. The third kappa shape index (κ3) is 3.96. The number of nitrogens with zero attached hydrogens (tertiary/aromatic N) is 3. The number of likely N-dealkylation sites (tertiary alicyclic amines) is 1. The molecular formula is C20H23N3OS. The third-order valence-electron chi connectivity index (χ3n) is 4.81. The molecule has 1 amide bonds. The van der Waals surface area contributed by atoms with Gasteiger partial charge in [0.05, 0.1) is 16.8 Å². The van der Waals surface area contributed by atoms with Crippen LogP contribution in [-0.2, 0) is 4.79 Å². The van der Waals surface area contributed by atoms with Crippen LogP contribution in [0.15, 0.2) is 23.2 Å². The van der Waals surface area contributed by atoms with Gasteiger partial charge >= 0.3 is 0 Å². The van der Waals surface area contributed by atoms with Crippen molar-refractivity contribution in [2.75, 3.05) is 18.8 Å². The van der Waals surface area contributed by atoms with Crippen molar-refractivity contribution >= 4 is 28.6 Å². The molecule has 2 heterocycles. The Morgan fingerprint density at radius 3 is 2.72 bits per heavy atom. The van der Waals surface area contributed by atoms with Crippen LogP contribution >= 0.6 is 11.8 Å². The van der Waals surface area contributed by atoms with Gasteiger partial charge in [-0.05, 0) is 50.3 Å². The number of rotatable bonds is 3. The fourth-order valence-electron chi connectivity index (χ4n) is 3.30. The number of carbonyl (C=O) groups is 1. The molecule has 0 spiro atoms. The van der Waals surface area contributed by atoms with Gasteiger partial charge in [-0.15, -0.1) is 0 Å². The molecule has 5 heteroatoms. The van der Waals surface area contributed by atoms with Gasteiger partial charge in [0.2, 0.25) is 5.91 Å². The highest BCUT2D eigenvalue weighted by atomic mass is 32.2. The van der Waals surface area contributed by atoms with Crippen LogP contribution < -0.4 is 0 Å². The molecule has 2 aromatic rings. The van der Waals surface area contributed by atoms with Crippen LogP contribution in [0.2, 0.25) is 0 Å². The molecule has 1 aromatic heterocycles. The Morgan fingerprint density at radius 2 is 2.04 bits per heavy atom. The first kappa shape index (κ1) is 17.8. The van der Waals surface area contributed by atoms with E-state index in [4.69, 9.17) is 0 Å². The lowest BCUT2D eigenvalue weighted by atomic mass is 9.99. The summed E-state index contributed by atoms with van der Waals surface area (Å²) in [5.74, 6) is 1.19. The lowest BCUT2D eigenvalue weighted by Gasteiger charge is -2.30. The normalized spacial score (nSPS) is 15.4. The summed E-state index contributed by atoms with van der Waals surface area (Å²) in [5.41, 5.74) is 3.71. The number of piperidine rings is 1. The number of nitriles is 1. The highest BCUT2D eigenvalue weighted by Crippen LogP contribution is 2.28. The smallest absolute Gasteiger partial charge is 0.232 e. The minimum absolute atomic E-state index is 0.142. The molecule has 4 nitrogen and oxygen atoms in total. The first-order valence-corrected chi connectivity index (χ1v) is 9.69. The first-order chi connectivity index (χ1) is 12.0. The van der Waals surface area contributed by atoms with Gasteiger partial charge in [0, 0.05) is 18.5 Å². The molecule has 0 radical (unpaired) electrons. The molecule has 0 saturated carbocycles. The summed E-state index contributed by atoms with van der Waals surface area (Å²) in [6, 6.07) is 8.25. The predicted octanol–water partition coefficient (Wildman–Crippen LogP) is 4.07. The number of aryl methyl sites for hydroxylation is 2. The summed E-state index contributed by atoms with van der Waals surface area (Å²) in [4.78, 5) is 19.1. The van der Waals surface area contributed by atoms with E-state index < -0.39 is 0 Å². The molecule has 0 atom stereocenters. The zero-order chi connectivity index (χ0) is 18.0. The van der Waals surface area contributed by atoms with Gasteiger partial charge in [0.1, 0.15) is 11.1 Å². The van der Waals surface area contributed by atoms with Gasteiger partial charge in [0.15, 0.2) is 0 Å². The molecule has 0 N–H and O–H groups in total. The van der Waals surface area contributed by atoms with E-state index in [-0.39, 0.29) is 5.91 Å². The Kier molecular flexibility index (Phi) is 5.29. The molecule has 0 unspecified atom stereocenters. The van der Waals surface area contributed by atoms with Gasteiger partial charge in [-0.3, -0.25) is 4.79 Å². The molecule has 25 heavy (non-hydrogen) atoms. The van der Waals surface area contributed by atoms with E-state index in [1.54, 1.807) is 0 Å². The summed E-state index contributed by atoms with van der Waals surface area (Å²) in [5, 5.41) is 11.1. The average molecular weight is 353 g/mol. The molecule has 1 aliphatic heterocycles. The highest BCUT2D eigenvalue weighted by molar-refractivity contribution is 8.00. The highest BCUT2D eigenvalue weighted by Gasteiger charge is 2.21. The number of hydrogen-bond donors (Lipinski definition) is 0. The fraction of sp³-hybridized carbons (Fsp3) is 0.450. The topological polar surface area (TPSA) is 57.0 Å². The molecule has 0 bridgehead atoms. The van der Waals surface area contributed by atoms with Crippen LogP contribution in [0, 0.1) is 31.1 Å². The van der Waals surface area contributed by atoms with Crippen LogP contribution in [0.25, 0.3) is 10.9 Å². The van der Waals surface area contributed by atoms with Crippen molar-refractivity contribution in [2.24, 2.45) is 5.92 Å². The molecule has 1 aliphatic rings. The predicted molar refractivity (Wildman–Crippen MR) is 102 cm³/mol. The van der Waals surface area contributed by atoms with E-state index in [0.717, 1.165) is 48.0 Å². The van der Waals surface area contributed by atoms with Crippen molar-refractivity contribution in [3.8, 4) is 6.07 Å². The quantitative estimate of drug-likeness (QED) is 0.781. The Balaban J connectivity index is 1.79. The van der Waals surface area contributed by atoms with E-state index in [2.05, 4.69) is 24.0 Å². The minimum atomic E-state index is 0.142. The summed E-state index contributed by atoms with van der Waals surface area (Å²) < 4.78 is 0. The number of benzene rings is 1. The van der Waals surface area contributed by atoms with Crippen molar-refractivity contribution in [3.05, 3.63) is 34.9 Å². The Morgan fingerprint density at radius 1 is 1.32 bits per heavy atom. The fourth-order valence-corrected chi connectivity index (χ4v) is 4.16. The number of thioether (sulfide) groups is 1. The minimum Gasteiger partial charge on any atom is -0.342 e. The van der Waals surface area contributed by atoms with E-state index >= 15 is 0 Å². The second-order valence-corrected chi connectivity index (χ2v) is 7.92.